The molecule has 1 unspecified atom stereocenters. The van der Waals surface area contributed by atoms with Gasteiger partial charge in [0.1, 0.15) is 0 Å². The van der Waals surface area contributed by atoms with E-state index in [1.807, 2.05) is 0 Å². The van der Waals surface area contributed by atoms with Gasteiger partial charge in [-0.25, -0.2) is 0 Å². The van der Waals surface area contributed by atoms with Crippen LogP contribution in [0.3, 0.4) is 0 Å². The minimum absolute atomic E-state index is 0.589. The predicted octanol–water partition coefficient (Wildman–Crippen LogP) is 2.75. The van der Waals surface area contributed by atoms with Crippen molar-refractivity contribution in [2.24, 2.45) is 5.92 Å². The van der Waals surface area contributed by atoms with Crippen LogP contribution in [0.4, 0.5) is 13.2 Å². The Morgan fingerprint density at radius 3 is 2.47 bits per heavy atom. The van der Waals surface area contributed by atoms with Crippen LogP contribution in [0.15, 0.2) is 24.3 Å². The number of hydrogen-bond acceptors (Lipinski definition) is 2. The highest BCUT2D eigenvalue weighted by Crippen LogP contribution is 2.29. The summed E-state index contributed by atoms with van der Waals surface area (Å²) in [4.78, 5) is 2.30. The Morgan fingerprint density at radius 1 is 1.26 bits per heavy atom. The first-order valence-corrected chi connectivity index (χ1v) is 6.50. The zero-order chi connectivity index (χ0) is 13.9. The van der Waals surface area contributed by atoms with Gasteiger partial charge in [0.2, 0.25) is 0 Å². The molecule has 1 saturated heterocycles. The van der Waals surface area contributed by atoms with Crippen molar-refractivity contribution in [3.05, 3.63) is 35.4 Å². The van der Waals surface area contributed by atoms with Crippen LogP contribution in [0.2, 0.25) is 0 Å². The van der Waals surface area contributed by atoms with Crippen LogP contribution in [0.25, 0.3) is 0 Å². The van der Waals surface area contributed by atoms with Gasteiger partial charge < -0.3 is 10.2 Å². The van der Waals surface area contributed by atoms with E-state index in [9.17, 15) is 13.2 Å². The first-order chi connectivity index (χ1) is 8.95. The topological polar surface area (TPSA) is 15.3 Å². The molecular weight excluding hydrogens is 253 g/mol. The van der Waals surface area contributed by atoms with Gasteiger partial charge in [-0.3, -0.25) is 0 Å². The fourth-order valence-electron chi connectivity index (χ4n) is 2.43. The zero-order valence-corrected chi connectivity index (χ0v) is 11.0. The van der Waals surface area contributed by atoms with Gasteiger partial charge in [0, 0.05) is 13.1 Å². The molecule has 1 fully saturated rings. The summed E-state index contributed by atoms with van der Waals surface area (Å²) in [5.74, 6) is 0.652. The standard InChI is InChI=1S/C14H19F3N2/c1-19-7-6-12(10-19)9-18-8-11-2-4-13(5-3-11)14(15,16)17/h2-5,12,18H,6-10H2,1H3. The lowest BCUT2D eigenvalue weighted by molar-refractivity contribution is -0.137. The molecule has 0 amide bonds. The summed E-state index contributed by atoms with van der Waals surface area (Å²) >= 11 is 0. The van der Waals surface area contributed by atoms with E-state index in [1.165, 1.54) is 18.6 Å². The van der Waals surface area contributed by atoms with Crippen molar-refractivity contribution in [2.75, 3.05) is 26.7 Å². The van der Waals surface area contributed by atoms with Crippen molar-refractivity contribution in [3.8, 4) is 0 Å². The lowest BCUT2D eigenvalue weighted by atomic mass is 10.1. The third kappa shape index (κ3) is 4.21. The Balaban J connectivity index is 1.77. The van der Waals surface area contributed by atoms with Crippen molar-refractivity contribution < 1.29 is 13.2 Å². The monoisotopic (exact) mass is 272 g/mol. The molecule has 1 aliphatic rings. The molecule has 19 heavy (non-hydrogen) atoms. The summed E-state index contributed by atoms with van der Waals surface area (Å²) in [7, 11) is 2.11. The van der Waals surface area contributed by atoms with E-state index < -0.39 is 11.7 Å². The van der Waals surface area contributed by atoms with Crippen LogP contribution in [0.5, 0.6) is 0 Å². The minimum Gasteiger partial charge on any atom is -0.312 e. The van der Waals surface area contributed by atoms with E-state index in [0.717, 1.165) is 37.3 Å². The van der Waals surface area contributed by atoms with Gasteiger partial charge in [-0.05, 0) is 50.2 Å². The molecule has 0 radical (unpaired) electrons. The van der Waals surface area contributed by atoms with Crippen molar-refractivity contribution >= 4 is 0 Å². The van der Waals surface area contributed by atoms with Crippen LogP contribution in [-0.4, -0.2) is 31.6 Å². The Kier molecular flexibility index (Phi) is 4.47. The van der Waals surface area contributed by atoms with Crippen LogP contribution < -0.4 is 5.32 Å². The highest BCUT2D eigenvalue weighted by Gasteiger charge is 2.29. The van der Waals surface area contributed by atoms with Gasteiger partial charge in [-0.15, -0.1) is 0 Å². The average molecular weight is 272 g/mol. The summed E-state index contributed by atoms with van der Waals surface area (Å²) in [6, 6.07) is 5.36. The SMILES string of the molecule is CN1CCC(CNCc2ccc(C(F)(F)F)cc2)C1. The number of alkyl halides is 3. The maximum atomic E-state index is 12.4. The van der Waals surface area contributed by atoms with E-state index in [2.05, 4.69) is 17.3 Å². The summed E-state index contributed by atoms with van der Waals surface area (Å²) in [5, 5.41) is 3.31. The summed E-state index contributed by atoms with van der Waals surface area (Å²) < 4.78 is 37.2. The molecule has 1 atom stereocenters. The van der Waals surface area contributed by atoms with Crippen LogP contribution >= 0.6 is 0 Å². The molecule has 2 nitrogen and oxygen atoms in total. The van der Waals surface area contributed by atoms with Gasteiger partial charge >= 0.3 is 6.18 Å². The van der Waals surface area contributed by atoms with Gasteiger partial charge in [-0.2, -0.15) is 13.2 Å². The predicted molar refractivity (Wildman–Crippen MR) is 68.8 cm³/mol. The second-order valence-electron chi connectivity index (χ2n) is 5.24. The maximum Gasteiger partial charge on any atom is 0.416 e. The maximum absolute atomic E-state index is 12.4. The highest BCUT2D eigenvalue weighted by atomic mass is 19.4. The fourth-order valence-corrected chi connectivity index (χ4v) is 2.43. The molecular formula is C14H19F3N2. The van der Waals surface area contributed by atoms with Crippen LogP contribution in [0, 0.1) is 5.92 Å². The van der Waals surface area contributed by atoms with Crippen molar-refractivity contribution in [3.63, 3.8) is 0 Å². The van der Waals surface area contributed by atoms with Crippen molar-refractivity contribution in [1.82, 2.24) is 10.2 Å². The van der Waals surface area contributed by atoms with E-state index in [0.29, 0.717) is 12.5 Å². The molecule has 0 spiro atoms. The van der Waals surface area contributed by atoms with E-state index >= 15 is 0 Å². The van der Waals surface area contributed by atoms with Gasteiger partial charge in [-0.1, -0.05) is 12.1 Å². The van der Waals surface area contributed by atoms with E-state index in [-0.39, 0.29) is 0 Å². The molecule has 0 saturated carbocycles. The molecule has 0 aliphatic carbocycles. The molecule has 1 aliphatic heterocycles. The third-order valence-corrected chi connectivity index (χ3v) is 3.53. The molecule has 0 bridgehead atoms. The number of nitrogens with one attached hydrogen (secondary N) is 1. The number of nitrogens with zero attached hydrogens (tertiary/aromatic N) is 1. The smallest absolute Gasteiger partial charge is 0.312 e. The molecule has 2 rings (SSSR count). The summed E-state index contributed by atoms with van der Waals surface area (Å²) in [6.45, 7) is 3.77. The summed E-state index contributed by atoms with van der Waals surface area (Å²) in [5.41, 5.74) is 0.299. The Labute approximate surface area is 111 Å². The molecule has 1 heterocycles. The normalized spacial score (nSPS) is 20.9. The quantitative estimate of drug-likeness (QED) is 0.906. The lowest BCUT2D eigenvalue weighted by Crippen LogP contribution is -2.24. The van der Waals surface area contributed by atoms with Gasteiger partial charge in [0.05, 0.1) is 5.56 Å². The highest BCUT2D eigenvalue weighted by molar-refractivity contribution is 5.24. The zero-order valence-electron chi connectivity index (χ0n) is 11.0. The van der Waals surface area contributed by atoms with Crippen LogP contribution in [-0.2, 0) is 12.7 Å². The first kappa shape index (κ1) is 14.3. The molecule has 1 aromatic rings. The molecule has 5 heteroatoms. The average Bonchev–Trinajstić information content (AvgIpc) is 2.75. The second kappa shape index (κ2) is 5.92. The lowest BCUT2D eigenvalue weighted by Gasteiger charge is -2.12. The second-order valence-corrected chi connectivity index (χ2v) is 5.24. The fraction of sp³-hybridized carbons (Fsp3) is 0.571. The Morgan fingerprint density at radius 2 is 1.95 bits per heavy atom. The molecule has 0 aromatic heterocycles. The minimum atomic E-state index is -4.25. The first-order valence-electron chi connectivity index (χ1n) is 6.50. The van der Waals surface area contributed by atoms with Gasteiger partial charge in [0.25, 0.3) is 0 Å². The number of halogens is 3. The molecule has 1 N–H and O–H groups in total. The number of hydrogen-bond donors (Lipinski definition) is 1. The van der Waals surface area contributed by atoms with Crippen molar-refractivity contribution in [1.29, 1.82) is 0 Å². The Hall–Kier alpha value is -1.07. The van der Waals surface area contributed by atoms with E-state index in [1.54, 1.807) is 0 Å². The molecule has 1 aromatic carbocycles. The van der Waals surface area contributed by atoms with Crippen molar-refractivity contribution in [2.45, 2.75) is 19.1 Å². The van der Waals surface area contributed by atoms with Gasteiger partial charge in [0.15, 0.2) is 0 Å². The largest absolute Gasteiger partial charge is 0.416 e. The molecule has 106 valence electrons. The number of rotatable bonds is 4. The number of likely N-dealkylation sites (tertiary alicyclic amines) is 1. The number of benzene rings is 1. The summed E-state index contributed by atoms with van der Waals surface area (Å²) in [6.07, 6.45) is -3.06. The Bertz CT molecular complexity index is 400. The van der Waals surface area contributed by atoms with E-state index in [4.69, 9.17) is 0 Å². The van der Waals surface area contributed by atoms with Crippen LogP contribution in [0.1, 0.15) is 17.5 Å². The third-order valence-electron chi connectivity index (χ3n) is 3.53.